The van der Waals surface area contributed by atoms with Crippen LogP contribution in [0, 0.1) is 11.8 Å². The second-order valence-corrected chi connectivity index (χ2v) is 3.53. The third kappa shape index (κ3) is 3.40. The van der Waals surface area contributed by atoms with Gasteiger partial charge in [-0.25, -0.2) is 4.79 Å². The molecule has 0 aliphatic rings. The second kappa shape index (κ2) is 5.23. The number of benzene rings is 1. The standard InChI is InChI=1S/C11H8ClNO4/c12-7-4-6(2-1-3-9(14)15)10(13)8(5-7)11(16)17/h4-5H,3,13H2,(H,14,15)(H,16,17). The van der Waals surface area contributed by atoms with Gasteiger partial charge in [-0.05, 0) is 12.1 Å². The molecule has 88 valence electrons. The van der Waals surface area contributed by atoms with E-state index in [0.717, 1.165) is 0 Å². The van der Waals surface area contributed by atoms with Gasteiger partial charge in [0.15, 0.2) is 0 Å². The fourth-order valence-electron chi connectivity index (χ4n) is 1.11. The molecule has 0 saturated heterocycles. The Labute approximate surface area is 102 Å². The molecule has 0 saturated carbocycles. The third-order valence-corrected chi connectivity index (χ3v) is 2.06. The molecule has 0 bridgehead atoms. The molecule has 0 aliphatic heterocycles. The Morgan fingerprint density at radius 1 is 1.35 bits per heavy atom. The van der Waals surface area contributed by atoms with Crippen LogP contribution in [0.5, 0.6) is 0 Å². The summed E-state index contributed by atoms with van der Waals surface area (Å²) in [7, 11) is 0. The number of nitrogens with two attached hydrogens (primary N) is 1. The van der Waals surface area contributed by atoms with Crippen LogP contribution in [-0.4, -0.2) is 22.2 Å². The molecule has 4 N–H and O–H groups in total. The molecular formula is C11H8ClNO4. The first kappa shape index (κ1) is 12.9. The monoisotopic (exact) mass is 253 g/mol. The van der Waals surface area contributed by atoms with Crippen molar-refractivity contribution in [3.63, 3.8) is 0 Å². The lowest BCUT2D eigenvalue weighted by molar-refractivity contribution is -0.135. The van der Waals surface area contributed by atoms with Gasteiger partial charge < -0.3 is 15.9 Å². The number of nitrogen functional groups attached to an aromatic ring is 1. The minimum absolute atomic E-state index is 0.0280. The zero-order chi connectivity index (χ0) is 13.0. The van der Waals surface area contributed by atoms with Crippen LogP contribution in [0.2, 0.25) is 5.02 Å². The van der Waals surface area contributed by atoms with Crippen LogP contribution in [0.1, 0.15) is 22.3 Å². The van der Waals surface area contributed by atoms with E-state index in [9.17, 15) is 9.59 Å². The van der Waals surface area contributed by atoms with Gasteiger partial charge in [0.1, 0.15) is 6.42 Å². The van der Waals surface area contributed by atoms with E-state index in [1.54, 1.807) is 0 Å². The number of hydrogen-bond donors (Lipinski definition) is 3. The largest absolute Gasteiger partial charge is 0.481 e. The van der Waals surface area contributed by atoms with Crippen LogP contribution < -0.4 is 5.73 Å². The molecule has 5 nitrogen and oxygen atoms in total. The fourth-order valence-corrected chi connectivity index (χ4v) is 1.33. The van der Waals surface area contributed by atoms with Crippen LogP contribution in [-0.2, 0) is 4.79 Å². The van der Waals surface area contributed by atoms with Crippen LogP contribution in [0.4, 0.5) is 5.69 Å². The summed E-state index contributed by atoms with van der Waals surface area (Å²) in [6, 6.07) is 2.60. The van der Waals surface area contributed by atoms with Crippen LogP contribution >= 0.6 is 11.6 Å². The molecule has 0 aliphatic carbocycles. The van der Waals surface area contributed by atoms with E-state index < -0.39 is 11.9 Å². The second-order valence-electron chi connectivity index (χ2n) is 3.09. The van der Waals surface area contributed by atoms with E-state index >= 15 is 0 Å². The predicted octanol–water partition coefficient (Wildman–Crippen LogP) is 1.45. The summed E-state index contributed by atoms with van der Waals surface area (Å²) in [5.41, 5.74) is 5.60. The molecule has 0 unspecified atom stereocenters. The molecule has 17 heavy (non-hydrogen) atoms. The molecule has 6 heteroatoms. The summed E-state index contributed by atoms with van der Waals surface area (Å²) in [6.07, 6.45) is -0.353. The summed E-state index contributed by atoms with van der Waals surface area (Å²) in [4.78, 5) is 21.1. The Bertz CT molecular complexity index is 542. The SMILES string of the molecule is Nc1c(C#CCC(=O)O)cc(Cl)cc1C(=O)O. The smallest absolute Gasteiger partial charge is 0.337 e. The third-order valence-electron chi connectivity index (χ3n) is 1.84. The quantitative estimate of drug-likeness (QED) is 0.547. The summed E-state index contributed by atoms with van der Waals surface area (Å²) in [5.74, 6) is 2.54. The van der Waals surface area contributed by atoms with Crippen molar-refractivity contribution < 1.29 is 19.8 Å². The van der Waals surface area contributed by atoms with E-state index in [1.807, 2.05) is 0 Å². The van der Waals surface area contributed by atoms with Crippen molar-refractivity contribution in [3.05, 3.63) is 28.3 Å². The number of aliphatic carboxylic acids is 1. The molecule has 0 atom stereocenters. The molecule has 1 aromatic rings. The predicted molar refractivity (Wildman–Crippen MR) is 62.0 cm³/mol. The first-order valence-electron chi connectivity index (χ1n) is 4.44. The first-order valence-corrected chi connectivity index (χ1v) is 4.82. The highest BCUT2D eigenvalue weighted by Crippen LogP contribution is 2.22. The molecule has 0 heterocycles. The average molecular weight is 254 g/mol. The average Bonchev–Trinajstić information content (AvgIpc) is 2.21. The van der Waals surface area contributed by atoms with E-state index in [2.05, 4.69) is 11.8 Å². The molecule has 0 radical (unpaired) electrons. The Morgan fingerprint density at radius 3 is 2.53 bits per heavy atom. The van der Waals surface area contributed by atoms with E-state index in [1.165, 1.54) is 12.1 Å². The van der Waals surface area contributed by atoms with Crippen molar-refractivity contribution in [1.29, 1.82) is 0 Å². The van der Waals surface area contributed by atoms with Crippen molar-refractivity contribution in [3.8, 4) is 11.8 Å². The number of carboxylic acids is 2. The Balaban J connectivity index is 3.19. The van der Waals surface area contributed by atoms with E-state index in [-0.39, 0.29) is 28.3 Å². The fraction of sp³-hybridized carbons (Fsp3) is 0.0909. The number of aromatic carboxylic acids is 1. The van der Waals surface area contributed by atoms with Crippen LogP contribution in [0.15, 0.2) is 12.1 Å². The van der Waals surface area contributed by atoms with Crippen molar-refractivity contribution in [1.82, 2.24) is 0 Å². The number of carboxylic acid groups (broad SMARTS) is 2. The first-order chi connectivity index (χ1) is 7.91. The maximum atomic E-state index is 10.8. The zero-order valence-electron chi connectivity index (χ0n) is 8.53. The van der Waals surface area contributed by atoms with Gasteiger partial charge in [0.2, 0.25) is 0 Å². The van der Waals surface area contributed by atoms with E-state index in [4.69, 9.17) is 27.5 Å². The van der Waals surface area contributed by atoms with Gasteiger partial charge in [-0.15, -0.1) is 0 Å². The molecule has 1 aromatic carbocycles. The minimum Gasteiger partial charge on any atom is -0.481 e. The number of anilines is 1. The Morgan fingerprint density at radius 2 is 2.00 bits per heavy atom. The van der Waals surface area contributed by atoms with Gasteiger partial charge in [0.05, 0.1) is 11.3 Å². The molecule has 0 spiro atoms. The van der Waals surface area contributed by atoms with Crippen molar-refractivity contribution in [2.24, 2.45) is 0 Å². The molecule has 1 rings (SSSR count). The Hall–Kier alpha value is -2.19. The zero-order valence-corrected chi connectivity index (χ0v) is 9.28. The number of halogens is 1. The lowest BCUT2D eigenvalue weighted by Crippen LogP contribution is -2.04. The van der Waals surface area contributed by atoms with Gasteiger partial charge in [0.25, 0.3) is 0 Å². The maximum Gasteiger partial charge on any atom is 0.337 e. The summed E-state index contributed by atoms with van der Waals surface area (Å²) in [6.45, 7) is 0. The van der Waals surface area contributed by atoms with Gasteiger partial charge >= 0.3 is 11.9 Å². The topological polar surface area (TPSA) is 101 Å². The summed E-state index contributed by atoms with van der Waals surface area (Å²) >= 11 is 5.70. The van der Waals surface area contributed by atoms with Crippen molar-refractivity contribution in [2.75, 3.05) is 5.73 Å². The molecular weight excluding hydrogens is 246 g/mol. The number of hydrogen-bond acceptors (Lipinski definition) is 3. The highest BCUT2D eigenvalue weighted by molar-refractivity contribution is 6.31. The highest BCUT2D eigenvalue weighted by Gasteiger charge is 2.12. The maximum absolute atomic E-state index is 10.8. The van der Waals surface area contributed by atoms with Gasteiger partial charge in [-0.3, -0.25) is 4.79 Å². The Kier molecular flexibility index (Phi) is 3.96. The lowest BCUT2D eigenvalue weighted by atomic mass is 10.1. The summed E-state index contributed by atoms with van der Waals surface area (Å²) in [5, 5.41) is 17.4. The van der Waals surface area contributed by atoms with Crippen molar-refractivity contribution in [2.45, 2.75) is 6.42 Å². The van der Waals surface area contributed by atoms with Gasteiger partial charge in [0, 0.05) is 10.6 Å². The molecule has 0 aromatic heterocycles. The summed E-state index contributed by atoms with van der Waals surface area (Å²) < 4.78 is 0. The van der Waals surface area contributed by atoms with Gasteiger partial charge in [-0.1, -0.05) is 23.4 Å². The number of rotatable bonds is 2. The minimum atomic E-state index is -1.22. The van der Waals surface area contributed by atoms with Crippen molar-refractivity contribution >= 4 is 29.2 Å². The van der Waals surface area contributed by atoms with E-state index in [0.29, 0.717) is 0 Å². The molecule has 0 amide bonds. The normalized spacial score (nSPS) is 9.24. The highest BCUT2D eigenvalue weighted by atomic mass is 35.5. The van der Waals surface area contributed by atoms with Gasteiger partial charge in [-0.2, -0.15) is 0 Å². The van der Waals surface area contributed by atoms with Crippen LogP contribution in [0.25, 0.3) is 0 Å². The molecule has 0 fully saturated rings. The lowest BCUT2D eigenvalue weighted by Gasteiger charge is -2.04. The number of carbonyl (C=O) groups is 2. The van der Waals surface area contributed by atoms with Crippen LogP contribution in [0.3, 0.4) is 0 Å².